The van der Waals surface area contributed by atoms with Gasteiger partial charge in [0, 0.05) is 43.8 Å². The summed E-state index contributed by atoms with van der Waals surface area (Å²) in [4.78, 5) is 67.1. The number of hydrogen-bond acceptors (Lipinski definition) is 12. The Kier molecular flexibility index (Phi) is 32.2. The molecule has 0 aliphatic heterocycles. The molecule has 0 N–H and O–H groups in total. The molecular formula is C96H92O9P4S3. The van der Waals surface area contributed by atoms with E-state index in [4.69, 9.17) is 42.6 Å². The summed E-state index contributed by atoms with van der Waals surface area (Å²) < 4.78 is 21.8. The minimum Gasteiger partial charge on any atom is -0.496 e. The molecule has 0 atom stereocenters. The summed E-state index contributed by atoms with van der Waals surface area (Å²) in [7, 11) is 3.92. The molecule has 16 heteroatoms. The van der Waals surface area contributed by atoms with E-state index in [2.05, 4.69) is 62.4 Å². The molecule has 13 aromatic rings. The first-order valence-electron chi connectivity index (χ1n) is 36.3. The zero-order valence-corrected chi connectivity index (χ0v) is 71.1. The van der Waals surface area contributed by atoms with Gasteiger partial charge in [0.25, 0.3) is 0 Å². The van der Waals surface area contributed by atoms with Gasteiger partial charge in [-0.15, -0.1) is 11.8 Å². The molecule has 13 aromatic carbocycles. The van der Waals surface area contributed by atoms with Gasteiger partial charge in [0.1, 0.15) is 34.1 Å². The number of rotatable bonds is 23. The molecule has 0 saturated heterocycles. The summed E-state index contributed by atoms with van der Waals surface area (Å²) in [5.74, 6) is 2.21. The fourth-order valence-electron chi connectivity index (χ4n) is 13.1. The normalized spacial score (nSPS) is 10.8. The average molecular weight is 1610 g/mol. The standard InChI is InChI=1S/C22H21OPS.C22H21OP.C21H19O3PS.C21H19O3P.C10H12OS/c1-16-14-17(2)21(18(3)15-16)22(23)24(25,19-10-6-4-7-11-19)20-12-8-5-9-13-20;1-16-14-17(2)21(18(3)15-16)22(23)24(19-10-6-4-7-11-19)20-12-8-5-9-13-20;1-23-18-14-9-15-19(24-2)20(18)21(22)25(26,16-10-5-3-6-11-16)17-12-7-4-8-13-17;1-23-18-14-9-15-19(24-2)20(18)21(22)25(16-10-5-3-6-11-16)17-12-7-4-8-13-17;1-3-10(11)8-4-6-9(12-2)7-5-8/h4-15H,1-3H3;4-15H,1-3H3;3-15H,1-2H3;3-15H,1-2H3;4-7H,3H2,1-2H3. The first-order valence-corrected chi connectivity index (χ1v) is 45.9. The van der Waals surface area contributed by atoms with Gasteiger partial charge < -0.3 is 18.9 Å². The topological polar surface area (TPSA) is 122 Å². The fourth-order valence-corrected chi connectivity index (χ4v) is 25.0. The number of ketones is 1. The van der Waals surface area contributed by atoms with Crippen LogP contribution in [0.1, 0.15) is 98.5 Å². The Hall–Kier alpha value is -10.1. The van der Waals surface area contributed by atoms with E-state index in [9.17, 15) is 24.0 Å². The van der Waals surface area contributed by atoms with Gasteiger partial charge in [0.15, 0.2) is 11.3 Å². The zero-order chi connectivity index (χ0) is 80.3. The molecule has 0 aliphatic carbocycles. The van der Waals surface area contributed by atoms with E-state index in [1.165, 1.54) is 16.0 Å². The number of ether oxygens (including phenoxy) is 4. The van der Waals surface area contributed by atoms with Crippen LogP contribution in [0.15, 0.2) is 332 Å². The highest BCUT2D eigenvalue weighted by Gasteiger charge is 2.37. The molecule has 0 fully saturated rings. The minimum atomic E-state index is -2.78. The summed E-state index contributed by atoms with van der Waals surface area (Å²) >= 11 is 13.9. The largest absolute Gasteiger partial charge is 0.496 e. The Bertz CT molecular complexity index is 5160. The molecule has 0 aromatic heterocycles. The highest BCUT2D eigenvalue weighted by atomic mass is 32.4. The molecular weight excluding hydrogens is 1520 g/mol. The smallest absolute Gasteiger partial charge is 0.209 e. The van der Waals surface area contributed by atoms with E-state index < -0.39 is 27.9 Å². The minimum absolute atomic E-state index is 0.0155. The Morgan fingerprint density at radius 3 is 0.839 bits per heavy atom. The third-order valence-electron chi connectivity index (χ3n) is 18.3. The van der Waals surface area contributed by atoms with Crippen LogP contribution in [0.3, 0.4) is 0 Å². The lowest BCUT2D eigenvalue weighted by Gasteiger charge is -2.24. The van der Waals surface area contributed by atoms with Crippen molar-refractivity contribution in [3.8, 4) is 23.0 Å². The van der Waals surface area contributed by atoms with Crippen LogP contribution in [0.4, 0.5) is 0 Å². The van der Waals surface area contributed by atoms with Crippen molar-refractivity contribution in [3.05, 3.63) is 389 Å². The maximum absolute atomic E-state index is 13.8. The monoisotopic (exact) mass is 1610 g/mol. The van der Waals surface area contributed by atoms with E-state index in [0.29, 0.717) is 40.5 Å². The van der Waals surface area contributed by atoms with Crippen LogP contribution in [0.2, 0.25) is 0 Å². The van der Waals surface area contributed by atoms with Crippen molar-refractivity contribution in [1.29, 1.82) is 0 Å². The molecule has 0 unspecified atom stereocenters. The second-order valence-electron chi connectivity index (χ2n) is 25.9. The lowest BCUT2D eigenvalue weighted by molar-refractivity contribution is 0.0986. The predicted octanol–water partition coefficient (Wildman–Crippen LogP) is 20.7. The fraction of sp³-hybridized carbons (Fsp3) is 0.135. The molecule has 0 saturated carbocycles. The van der Waals surface area contributed by atoms with E-state index >= 15 is 0 Å². The number of hydrogen-bond donors (Lipinski definition) is 0. The third kappa shape index (κ3) is 21.0. The summed E-state index contributed by atoms with van der Waals surface area (Å²) in [5.41, 5.74) is 10.1. The van der Waals surface area contributed by atoms with Gasteiger partial charge in [0.05, 0.1) is 40.5 Å². The van der Waals surface area contributed by atoms with Crippen molar-refractivity contribution in [2.75, 3.05) is 34.7 Å². The highest BCUT2D eigenvalue weighted by Crippen LogP contribution is 2.52. The maximum Gasteiger partial charge on any atom is 0.209 e. The molecule has 0 amide bonds. The van der Waals surface area contributed by atoms with Crippen LogP contribution in [-0.2, 0) is 23.6 Å². The Morgan fingerprint density at radius 2 is 0.571 bits per heavy atom. The second kappa shape index (κ2) is 42.0. The maximum atomic E-state index is 13.8. The molecule has 0 spiro atoms. The van der Waals surface area contributed by atoms with E-state index in [1.54, 1.807) is 70.5 Å². The number of thioether (sulfide) groups is 1. The highest BCUT2D eigenvalue weighted by molar-refractivity contribution is 8.30. The SMILES string of the molecule is CCC(=O)c1ccc(SC)cc1.COc1cccc(OC)c1C(=O)P(=S)(c1ccccc1)c1ccccc1.COc1cccc(OC)c1C(=O)P(c1ccccc1)c1ccccc1.Cc1cc(C)c(C(=O)P(=S)(c2ccccc2)c2ccccc2)c(C)c1.Cc1cc(C)c(C(=O)P(c2ccccc2)c2ccccc2)c(C)c1. The van der Waals surface area contributed by atoms with Crippen LogP contribution in [-0.4, -0.2) is 62.6 Å². The summed E-state index contributed by atoms with van der Waals surface area (Å²) in [6.45, 7) is 14.1. The number of carbonyl (C=O) groups excluding carboxylic acids is 5. The summed E-state index contributed by atoms with van der Waals surface area (Å²) in [6, 6.07) is 100. The van der Waals surface area contributed by atoms with E-state index in [-0.39, 0.29) is 27.9 Å². The lowest BCUT2D eigenvalue weighted by Crippen LogP contribution is -2.23. The van der Waals surface area contributed by atoms with Crippen molar-refractivity contribution < 1.29 is 42.9 Å². The van der Waals surface area contributed by atoms with Gasteiger partial charge in [-0.2, -0.15) is 0 Å². The van der Waals surface area contributed by atoms with Gasteiger partial charge in [-0.1, -0.05) is 333 Å². The number of aryl methyl sites for hydroxylation is 6. The first-order chi connectivity index (χ1) is 54.2. The van der Waals surface area contributed by atoms with Gasteiger partial charge >= 0.3 is 0 Å². The zero-order valence-electron chi connectivity index (χ0n) is 65.1. The number of methoxy groups -OCH3 is 4. The Labute approximate surface area is 677 Å². The predicted molar refractivity (Wildman–Crippen MR) is 482 cm³/mol. The van der Waals surface area contributed by atoms with Crippen LogP contribution < -0.4 is 61.4 Å². The molecule has 9 nitrogen and oxygen atoms in total. The van der Waals surface area contributed by atoms with Crippen molar-refractivity contribution >= 4 is 134 Å². The Morgan fingerprint density at radius 1 is 0.321 bits per heavy atom. The number of Topliss-reactive ketones (excluding diaryl/α,β-unsaturated/α-hetero) is 1. The van der Waals surface area contributed by atoms with Gasteiger partial charge in [0.2, 0.25) is 16.6 Å². The summed E-state index contributed by atoms with van der Waals surface area (Å²) in [6.07, 6.45) is 2.61. The lowest BCUT2D eigenvalue weighted by atomic mass is 10.0. The molecule has 0 radical (unpaired) electrons. The van der Waals surface area contributed by atoms with Crippen LogP contribution >= 0.6 is 39.7 Å². The Balaban J connectivity index is 0.000000163. The second-order valence-corrected chi connectivity index (χ2v) is 39.6. The van der Waals surface area contributed by atoms with Crippen molar-refractivity contribution in [2.24, 2.45) is 0 Å². The summed E-state index contributed by atoms with van der Waals surface area (Å²) in [5, 5.41) is 7.79. The van der Waals surface area contributed by atoms with Crippen LogP contribution in [0, 0.1) is 41.5 Å². The van der Waals surface area contributed by atoms with E-state index in [0.717, 1.165) is 81.4 Å². The van der Waals surface area contributed by atoms with Crippen molar-refractivity contribution in [3.63, 3.8) is 0 Å². The molecule has 0 aliphatic rings. The van der Waals surface area contributed by atoms with Crippen molar-refractivity contribution in [1.82, 2.24) is 0 Å². The van der Waals surface area contributed by atoms with Crippen LogP contribution in [0.5, 0.6) is 23.0 Å². The molecule has 13 rings (SSSR count). The number of carbonyl (C=O) groups is 5. The quantitative estimate of drug-likeness (QED) is 0.0344. The van der Waals surface area contributed by atoms with Gasteiger partial charge in [-0.3, -0.25) is 24.0 Å². The van der Waals surface area contributed by atoms with Crippen molar-refractivity contribution in [2.45, 2.75) is 59.8 Å². The molecule has 0 heterocycles. The van der Waals surface area contributed by atoms with Gasteiger partial charge in [-0.25, -0.2) is 0 Å². The molecule has 112 heavy (non-hydrogen) atoms. The van der Waals surface area contributed by atoms with Crippen LogP contribution in [0.25, 0.3) is 0 Å². The molecule has 0 bridgehead atoms. The van der Waals surface area contributed by atoms with Gasteiger partial charge in [-0.05, 0) is 149 Å². The third-order valence-corrected chi connectivity index (χ3v) is 32.8. The average Bonchev–Trinajstić information content (AvgIpc) is 0.764. The first kappa shape index (κ1) is 85.9. The molecule has 568 valence electrons. The number of benzene rings is 13. The van der Waals surface area contributed by atoms with E-state index in [1.807, 2.05) is 290 Å².